The summed E-state index contributed by atoms with van der Waals surface area (Å²) in [4.78, 5) is 0. The van der Waals surface area contributed by atoms with Gasteiger partial charge >= 0.3 is 0 Å². The number of rotatable bonds is 7. The molecule has 0 aliphatic heterocycles. The predicted octanol–water partition coefficient (Wildman–Crippen LogP) is 1.06. The Kier molecular flexibility index (Phi) is 5.52. The molecule has 0 bridgehead atoms. The second kappa shape index (κ2) is 6.67. The fourth-order valence-electron chi connectivity index (χ4n) is 1.30. The molecule has 0 heterocycles. The third kappa shape index (κ3) is 4.59. The van der Waals surface area contributed by atoms with Crippen LogP contribution < -0.4 is 10.5 Å². The van der Waals surface area contributed by atoms with Crippen LogP contribution in [0.25, 0.3) is 0 Å². The Morgan fingerprint density at radius 1 is 1.44 bits per heavy atom. The van der Waals surface area contributed by atoms with Crippen molar-refractivity contribution in [3.05, 3.63) is 29.6 Å². The molecule has 0 saturated heterocycles. The lowest BCUT2D eigenvalue weighted by atomic mass is 10.2. The van der Waals surface area contributed by atoms with E-state index < -0.39 is 15.8 Å². The van der Waals surface area contributed by atoms with Crippen molar-refractivity contribution < 1.29 is 17.5 Å². The summed E-state index contributed by atoms with van der Waals surface area (Å²) in [7, 11) is -3.60. The monoisotopic (exact) mass is 276 g/mol. The first kappa shape index (κ1) is 14.9. The van der Waals surface area contributed by atoms with Gasteiger partial charge in [0.1, 0.15) is 5.82 Å². The molecule has 5 nitrogen and oxygen atoms in total. The van der Waals surface area contributed by atoms with Crippen LogP contribution in [-0.2, 0) is 21.3 Å². The van der Waals surface area contributed by atoms with Gasteiger partial charge < -0.3 is 10.5 Å². The lowest BCUT2D eigenvalue weighted by molar-refractivity contribution is 0.163. The van der Waals surface area contributed by atoms with E-state index in [1.165, 1.54) is 12.1 Å². The SMILES string of the molecule is CCOCCS(=O)(=O)Nc1ccc(CN)cc1F. The average Bonchev–Trinajstić information content (AvgIpc) is 2.31. The van der Waals surface area contributed by atoms with Gasteiger partial charge in [0.05, 0.1) is 18.0 Å². The Bertz CT molecular complexity index is 491. The Labute approximate surface area is 106 Å². The largest absolute Gasteiger partial charge is 0.381 e. The quantitative estimate of drug-likeness (QED) is 0.730. The summed E-state index contributed by atoms with van der Waals surface area (Å²) in [5.41, 5.74) is 5.88. The van der Waals surface area contributed by atoms with Crippen molar-refractivity contribution in [1.29, 1.82) is 0 Å². The molecular formula is C11H17FN2O3S. The van der Waals surface area contributed by atoms with Gasteiger partial charge in [-0.05, 0) is 24.6 Å². The molecule has 3 N–H and O–H groups in total. The summed E-state index contributed by atoms with van der Waals surface area (Å²) in [6.45, 7) is 2.49. The van der Waals surface area contributed by atoms with Crippen molar-refractivity contribution in [2.24, 2.45) is 5.73 Å². The number of ether oxygens (including phenoxy) is 1. The molecule has 0 radical (unpaired) electrons. The molecule has 0 amide bonds. The first-order valence-electron chi connectivity index (χ1n) is 5.55. The molecule has 0 aliphatic carbocycles. The summed E-state index contributed by atoms with van der Waals surface area (Å²) in [5.74, 6) is -0.850. The summed E-state index contributed by atoms with van der Waals surface area (Å²) in [6.07, 6.45) is 0. The number of hydrogen-bond donors (Lipinski definition) is 2. The van der Waals surface area contributed by atoms with E-state index in [1.807, 2.05) is 0 Å². The second-order valence-corrected chi connectivity index (χ2v) is 5.48. The average molecular weight is 276 g/mol. The number of sulfonamides is 1. The third-order valence-corrected chi connectivity index (χ3v) is 3.47. The Morgan fingerprint density at radius 3 is 2.72 bits per heavy atom. The van der Waals surface area contributed by atoms with Crippen LogP contribution in [0.15, 0.2) is 18.2 Å². The lowest BCUT2D eigenvalue weighted by Crippen LogP contribution is -2.20. The molecule has 0 atom stereocenters. The molecule has 102 valence electrons. The maximum atomic E-state index is 13.5. The normalized spacial score (nSPS) is 11.5. The summed E-state index contributed by atoms with van der Waals surface area (Å²) in [6, 6.07) is 4.14. The lowest BCUT2D eigenvalue weighted by Gasteiger charge is -2.09. The molecule has 0 spiro atoms. The van der Waals surface area contributed by atoms with Gasteiger partial charge in [-0.15, -0.1) is 0 Å². The van der Waals surface area contributed by atoms with Gasteiger partial charge in [0.2, 0.25) is 10.0 Å². The Balaban J connectivity index is 2.72. The number of halogens is 1. The molecule has 7 heteroatoms. The molecule has 0 aliphatic rings. The van der Waals surface area contributed by atoms with Crippen LogP contribution >= 0.6 is 0 Å². The van der Waals surface area contributed by atoms with Crippen LogP contribution in [0.4, 0.5) is 10.1 Å². The van der Waals surface area contributed by atoms with Crippen LogP contribution in [0.2, 0.25) is 0 Å². The topological polar surface area (TPSA) is 81.4 Å². The minimum atomic E-state index is -3.60. The molecule has 1 rings (SSSR count). The van der Waals surface area contributed by atoms with Gasteiger partial charge in [-0.2, -0.15) is 0 Å². The number of anilines is 1. The van der Waals surface area contributed by atoms with Gasteiger partial charge in [-0.3, -0.25) is 4.72 Å². The van der Waals surface area contributed by atoms with E-state index in [0.29, 0.717) is 12.2 Å². The van der Waals surface area contributed by atoms with E-state index in [4.69, 9.17) is 10.5 Å². The number of hydrogen-bond acceptors (Lipinski definition) is 4. The van der Waals surface area contributed by atoms with E-state index in [2.05, 4.69) is 4.72 Å². The summed E-state index contributed by atoms with van der Waals surface area (Å²) in [5, 5.41) is 0. The molecule has 1 aromatic rings. The zero-order valence-corrected chi connectivity index (χ0v) is 11.0. The standard InChI is InChI=1S/C11H17FN2O3S/c1-2-17-5-6-18(15,16)14-11-4-3-9(8-13)7-10(11)12/h3-4,7,14H,2,5-6,8,13H2,1H3. The molecular weight excluding hydrogens is 259 g/mol. The van der Waals surface area contributed by atoms with Crippen molar-refractivity contribution in [2.75, 3.05) is 23.7 Å². The van der Waals surface area contributed by atoms with Gasteiger partial charge in [0.15, 0.2) is 0 Å². The van der Waals surface area contributed by atoms with Crippen LogP contribution in [-0.4, -0.2) is 27.4 Å². The highest BCUT2D eigenvalue weighted by atomic mass is 32.2. The van der Waals surface area contributed by atoms with Crippen molar-refractivity contribution in [3.8, 4) is 0 Å². The van der Waals surface area contributed by atoms with E-state index in [-0.39, 0.29) is 24.6 Å². The van der Waals surface area contributed by atoms with Crippen LogP contribution in [0.1, 0.15) is 12.5 Å². The predicted molar refractivity (Wildman–Crippen MR) is 68.2 cm³/mol. The smallest absolute Gasteiger partial charge is 0.235 e. The zero-order chi connectivity index (χ0) is 13.6. The molecule has 0 saturated carbocycles. The van der Waals surface area contributed by atoms with E-state index in [0.717, 1.165) is 0 Å². The maximum Gasteiger partial charge on any atom is 0.235 e. The molecule has 1 aromatic carbocycles. The van der Waals surface area contributed by atoms with Crippen molar-refractivity contribution in [2.45, 2.75) is 13.5 Å². The van der Waals surface area contributed by atoms with E-state index >= 15 is 0 Å². The van der Waals surface area contributed by atoms with Gasteiger partial charge in [-0.25, -0.2) is 12.8 Å². The number of benzene rings is 1. The second-order valence-electron chi connectivity index (χ2n) is 3.64. The highest BCUT2D eigenvalue weighted by molar-refractivity contribution is 7.92. The highest BCUT2D eigenvalue weighted by Gasteiger charge is 2.13. The highest BCUT2D eigenvalue weighted by Crippen LogP contribution is 2.17. The molecule has 0 aromatic heterocycles. The first-order chi connectivity index (χ1) is 8.48. The maximum absolute atomic E-state index is 13.5. The van der Waals surface area contributed by atoms with Crippen molar-refractivity contribution in [3.63, 3.8) is 0 Å². The van der Waals surface area contributed by atoms with Crippen LogP contribution in [0, 0.1) is 5.82 Å². The Morgan fingerprint density at radius 2 is 2.17 bits per heavy atom. The number of nitrogens with one attached hydrogen (secondary N) is 1. The van der Waals surface area contributed by atoms with Crippen LogP contribution in [0.5, 0.6) is 0 Å². The molecule has 0 fully saturated rings. The fourth-order valence-corrected chi connectivity index (χ4v) is 2.24. The van der Waals surface area contributed by atoms with Crippen LogP contribution in [0.3, 0.4) is 0 Å². The summed E-state index contributed by atoms with van der Waals surface area (Å²) >= 11 is 0. The molecule has 0 unspecified atom stereocenters. The fraction of sp³-hybridized carbons (Fsp3) is 0.455. The van der Waals surface area contributed by atoms with Crippen molar-refractivity contribution >= 4 is 15.7 Å². The van der Waals surface area contributed by atoms with E-state index in [9.17, 15) is 12.8 Å². The van der Waals surface area contributed by atoms with E-state index in [1.54, 1.807) is 13.0 Å². The third-order valence-electron chi connectivity index (χ3n) is 2.24. The zero-order valence-electron chi connectivity index (χ0n) is 10.1. The first-order valence-corrected chi connectivity index (χ1v) is 7.20. The van der Waals surface area contributed by atoms with Gasteiger partial charge in [0, 0.05) is 13.2 Å². The van der Waals surface area contributed by atoms with Gasteiger partial charge in [0.25, 0.3) is 0 Å². The molecule has 18 heavy (non-hydrogen) atoms. The summed E-state index contributed by atoms with van der Waals surface area (Å²) < 4.78 is 43.9. The minimum absolute atomic E-state index is 0.0777. The number of nitrogens with two attached hydrogens (primary N) is 1. The van der Waals surface area contributed by atoms with Gasteiger partial charge in [-0.1, -0.05) is 6.07 Å². The Hall–Kier alpha value is -1.18. The minimum Gasteiger partial charge on any atom is -0.381 e. The van der Waals surface area contributed by atoms with Crippen molar-refractivity contribution in [1.82, 2.24) is 0 Å².